The van der Waals surface area contributed by atoms with Gasteiger partial charge in [-0.05, 0) is 31.6 Å². The number of fused-ring (bicyclic) bond motifs is 1. The highest BCUT2D eigenvalue weighted by Gasteiger charge is 2.20. The molecule has 0 bridgehead atoms. The van der Waals surface area contributed by atoms with E-state index in [1.54, 1.807) is 18.2 Å². The van der Waals surface area contributed by atoms with Crippen LogP contribution in [0.1, 0.15) is 32.1 Å². The summed E-state index contributed by atoms with van der Waals surface area (Å²) in [5.74, 6) is 0.772. The summed E-state index contributed by atoms with van der Waals surface area (Å²) in [6.45, 7) is 7.50. The zero-order valence-corrected chi connectivity index (χ0v) is 19.3. The summed E-state index contributed by atoms with van der Waals surface area (Å²) in [5.41, 5.74) is 0.831. The molecule has 0 aliphatic carbocycles. The van der Waals surface area contributed by atoms with Gasteiger partial charge in [-0.25, -0.2) is 23.9 Å². The van der Waals surface area contributed by atoms with Gasteiger partial charge in [0.2, 0.25) is 0 Å². The van der Waals surface area contributed by atoms with Crippen molar-refractivity contribution < 1.29 is 8.99 Å². The van der Waals surface area contributed by atoms with E-state index in [2.05, 4.69) is 26.8 Å². The molecule has 0 saturated carbocycles. The van der Waals surface area contributed by atoms with Gasteiger partial charge >= 0.3 is 0 Å². The van der Waals surface area contributed by atoms with E-state index in [0.29, 0.717) is 45.5 Å². The Hall–Kier alpha value is -3.99. The van der Waals surface area contributed by atoms with Crippen molar-refractivity contribution in [2.45, 2.75) is 26.3 Å². The quantitative estimate of drug-likeness (QED) is 0.416. The Morgan fingerprint density at radius 1 is 1.32 bits per heavy atom. The summed E-state index contributed by atoms with van der Waals surface area (Å²) in [7, 11) is 0. The number of benzene rings is 1. The monoisotopic (exact) mass is 479 g/mol. The minimum Gasteiger partial charge on any atom is -0.508 e. The van der Waals surface area contributed by atoms with Crippen LogP contribution in [0, 0.1) is 0 Å². The van der Waals surface area contributed by atoms with E-state index >= 15 is 0 Å². The van der Waals surface area contributed by atoms with E-state index in [1.807, 2.05) is 19.9 Å². The summed E-state index contributed by atoms with van der Waals surface area (Å²) in [4.78, 5) is 31.0. The lowest BCUT2D eigenvalue weighted by atomic mass is 10.2. The molecule has 0 aliphatic heterocycles. The zero-order valence-electron chi connectivity index (χ0n) is 18.5. The lowest BCUT2D eigenvalue weighted by Gasteiger charge is -2.19. The summed E-state index contributed by atoms with van der Waals surface area (Å²) >= 11 is -0.0155. The first kappa shape index (κ1) is 23.2. The lowest BCUT2D eigenvalue weighted by Crippen LogP contribution is -2.48. The number of aromatic nitrogens is 6. The highest BCUT2D eigenvalue weighted by molar-refractivity contribution is 7.92. The van der Waals surface area contributed by atoms with Crippen LogP contribution in [-0.4, -0.2) is 33.6 Å². The second kappa shape index (κ2) is 9.87. The number of phenols is 1. The first-order valence-electron chi connectivity index (χ1n) is 10.5. The largest absolute Gasteiger partial charge is 0.508 e. The predicted octanol–water partition coefficient (Wildman–Crippen LogP) is 2.79. The van der Waals surface area contributed by atoms with Crippen molar-refractivity contribution in [3.8, 4) is 11.4 Å². The van der Waals surface area contributed by atoms with Gasteiger partial charge in [0, 0.05) is 6.07 Å². The van der Waals surface area contributed by atoms with Crippen LogP contribution < -0.4 is 21.4 Å². The number of hydrogen-bond acceptors (Lipinski definition) is 8. The maximum atomic E-state index is 13.6. The number of halogens is 1. The Bertz CT molecular complexity index is 1550. The molecular formula is C23H22FN7O2S. The number of anilines is 1. The fourth-order valence-electron chi connectivity index (χ4n) is 3.60. The number of aromatic hydroxyl groups is 1. The molecule has 1 unspecified atom stereocenters. The molecule has 9 nitrogen and oxygen atoms in total. The molecule has 0 fully saturated rings. The molecule has 0 amide bonds. The summed E-state index contributed by atoms with van der Waals surface area (Å²) in [5, 5.41) is 14.2. The van der Waals surface area contributed by atoms with Gasteiger partial charge in [-0.1, -0.05) is 31.7 Å². The van der Waals surface area contributed by atoms with Crippen molar-refractivity contribution in [3.63, 3.8) is 0 Å². The molecule has 3 aromatic heterocycles. The van der Waals surface area contributed by atoms with Crippen LogP contribution in [0.5, 0.6) is 5.75 Å². The number of nitrogens with zero attached hydrogens (tertiary/aromatic N) is 6. The van der Waals surface area contributed by atoms with Crippen LogP contribution in [0.25, 0.3) is 29.0 Å². The van der Waals surface area contributed by atoms with Gasteiger partial charge < -0.3 is 10.4 Å². The average Bonchev–Trinajstić information content (AvgIpc) is 3.25. The van der Waals surface area contributed by atoms with Crippen molar-refractivity contribution in [3.05, 3.63) is 76.3 Å². The van der Waals surface area contributed by atoms with E-state index in [-0.39, 0.29) is 23.6 Å². The van der Waals surface area contributed by atoms with Crippen LogP contribution in [0.15, 0.2) is 54.4 Å². The van der Waals surface area contributed by atoms with Crippen molar-refractivity contribution >= 4 is 41.5 Å². The smallest absolute Gasteiger partial charge is 0.266 e. The molecule has 11 heteroatoms. The highest BCUT2D eigenvalue weighted by Crippen LogP contribution is 2.25. The topological polar surface area (TPSA) is 111 Å². The van der Waals surface area contributed by atoms with Crippen LogP contribution in [-0.2, 0) is 0 Å². The maximum Gasteiger partial charge on any atom is 0.266 e. The van der Waals surface area contributed by atoms with Crippen molar-refractivity contribution in [2.24, 2.45) is 0 Å². The second-order valence-electron chi connectivity index (χ2n) is 7.34. The van der Waals surface area contributed by atoms with Crippen LogP contribution in [0.4, 0.5) is 9.70 Å². The number of hydrogen-bond donors (Lipinski definition) is 2. The van der Waals surface area contributed by atoms with E-state index in [9.17, 15) is 13.8 Å². The van der Waals surface area contributed by atoms with E-state index in [0.717, 1.165) is 0 Å². The van der Waals surface area contributed by atoms with Crippen molar-refractivity contribution in [1.29, 1.82) is 0 Å². The van der Waals surface area contributed by atoms with E-state index in [1.165, 1.54) is 39.4 Å². The van der Waals surface area contributed by atoms with Gasteiger partial charge in [-0.15, -0.1) is 3.89 Å². The van der Waals surface area contributed by atoms with Crippen molar-refractivity contribution in [2.75, 3.05) is 5.32 Å². The third kappa shape index (κ3) is 4.29. The Labute approximate surface area is 198 Å². The molecule has 3 heterocycles. The van der Waals surface area contributed by atoms with Gasteiger partial charge in [0.05, 0.1) is 22.3 Å². The van der Waals surface area contributed by atoms with Gasteiger partial charge in [0.1, 0.15) is 24.2 Å². The minimum absolute atomic E-state index is 0.0150. The SMILES string of the molecule is C=C/C=c1/c(=O)n(-c2cccc(O)c2)c(C(C)Nc2ncnc3c2ncn3SF)n/c1=C/CC. The summed E-state index contributed by atoms with van der Waals surface area (Å²) in [6.07, 6.45) is 8.31. The molecule has 0 spiro atoms. The standard InChI is InChI=1S/C23H22FN7O2S/c1-4-7-17-18(8-5-2)29-21(31(23(17)33)15-9-6-10-16(32)11-15)14(3)28-20-19-22(26-12-25-20)30(34-24)13-27-19/h4,6-14,32H,1,5H2,2-3H3,(H,25,26,28)/b17-7+,18-8+. The molecule has 1 aromatic carbocycles. The number of allylic oxidation sites excluding steroid dienone is 1. The molecule has 174 valence electrons. The summed E-state index contributed by atoms with van der Waals surface area (Å²) in [6, 6.07) is 5.84. The maximum absolute atomic E-state index is 13.6. The minimum atomic E-state index is -0.530. The fraction of sp³-hybridized carbons (Fsp3) is 0.174. The van der Waals surface area contributed by atoms with Crippen LogP contribution in [0.3, 0.4) is 0 Å². The van der Waals surface area contributed by atoms with E-state index in [4.69, 9.17) is 4.98 Å². The Morgan fingerprint density at radius 3 is 2.85 bits per heavy atom. The molecule has 0 radical (unpaired) electrons. The average molecular weight is 480 g/mol. The third-order valence-electron chi connectivity index (χ3n) is 5.06. The number of phenolic OH excluding ortho intramolecular Hbond substituents is 1. The Kier molecular flexibility index (Phi) is 6.73. The molecule has 1 atom stereocenters. The number of rotatable bonds is 7. The molecular weight excluding hydrogens is 457 g/mol. The Morgan fingerprint density at radius 2 is 2.15 bits per heavy atom. The van der Waals surface area contributed by atoms with Gasteiger partial charge in [-0.2, -0.15) is 0 Å². The molecule has 4 rings (SSSR count). The Balaban J connectivity index is 1.94. The molecule has 2 N–H and O–H groups in total. The summed E-state index contributed by atoms with van der Waals surface area (Å²) < 4.78 is 15.8. The first-order valence-corrected chi connectivity index (χ1v) is 11.1. The van der Waals surface area contributed by atoms with Gasteiger partial charge in [-0.3, -0.25) is 9.36 Å². The van der Waals surface area contributed by atoms with Gasteiger partial charge in [0.25, 0.3) is 5.56 Å². The number of imidazole rings is 1. The van der Waals surface area contributed by atoms with Crippen LogP contribution in [0.2, 0.25) is 0 Å². The lowest BCUT2D eigenvalue weighted by molar-refractivity contribution is 0.475. The molecule has 4 aromatic rings. The molecule has 34 heavy (non-hydrogen) atoms. The molecule has 0 saturated heterocycles. The van der Waals surface area contributed by atoms with Gasteiger partial charge in [0.15, 0.2) is 29.3 Å². The number of nitrogens with one attached hydrogen (secondary N) is 1. The molecule has 0 aliphatic rings. The van der Waals surface area contributed by atoms with E-state index < -0.39 is 6.04 Å². The predicted molar refractivity (Wildman–Crippen MR) is 132 cm³/mol. The second-order valence-corrected chi connectivity index (χ2v) is 7.88. The normalized spacial score (nSPS) is 13.4. The third-order valence-corrected chi connectivity index (χ3v) is 5.48. The van der Waals surface area contributed by atoms with Crippen LogP contribution >= 0.6 is 12.3 Å². The zero-order chi connectivity index (χ0) is 24.2. The van der Waals surface area contributed by atoms with Crippen molar-refractivity contribution in [1.82, 2.24) is 28.5 Å². The fourth-order valence-corrected chi connectivity index (χ4v) is 3.89. The first-order chi connectivity index (χ1) is 16.5. The highest BCUT2D eigenvalue weighted by atomic mass is 32.2.